The molecular formula is C24H19NO2. The molecule has 132 valence electrons. The fourth-order valence-electron chi connectivity index (χ4n) is 3.25. The number of benzene rings is 3. The third-order valence-electron chi connectivity index (χ3n) is 4.59. The first-order chi connectivity index (χ1) is 13.2. The largest absolute Gasteiger partial charge is 0.506 e. The molecule has 0 amide bonds. The molecule has 0 aliphatic rings. The average molecular weight is 353 g/mol. The zero-order valence-electron chi connectivity index (χ0n) is 14.7. The van der Waals surface area contributed by atoms with E-state index in [2.05, 4.69) is 0 Å². The minimum atomic E-state index is -0.206. The molecule has 4 aromatic rings. The van der Waals surface area contributed by atoms with Gasteiger partial charge in [0.2, 0.25) is 0 Å². The quantitative estimate of drug-likeness (QED) is 0.565. The lowest BCUT2D eigenvalue weighted by Gasteiger charge is -2.15. The van der Waals surface area contributed by atoms with Gasteiger partial charge in [-0.05, 0) is 16.7 Å². The second-order valence-electron chi connectivity index (χ2n) is 6.42. The molecular weight excluding hydrogens is 334 g/mol. The highest BCUT2D eigenvalue weighted by Gasteiger charge is 2.18. The van der Waals surface area contributed by atoms with Crippen molar-refractivity contribution in [2.75, 3.05) is 0 Å². The van der Waals surface area contributed by atoms with Crippen molar-refractivity contribution >= 4 is 0 Å². The fourth-order valence-corrected chi connectivity index (χ4v) is 3.25. The fraction of sp³-hybridized carbons (Fsp3) is 0.0417. The van der Waals surface area contributed by atoms with Crippen molar-refractivity contribution in [2.45, 2.75) is 6.54 Å². The molecule has 0 atom stereocenters. The molecule has 0 bridgehead atoms. The Morgan fingerprint density at radius 2 is 1.22 bits per heavy atom. The minimum absolute atomic E-state index is 0.0155. The van der Waals surface area contributed by atoms with Crippen molar-refractivity contribution in [1.29, 1.82) is 0 Å². The second-order valence-corrected chi connectivity index (χ2v) is 6.42. The van der Waals surface area contributed by atoms with Crippen LogP contribution in [0.25, 0.3) is 22.3 Å². The molecule has 1 aromatic heterocycles. The molecule has 0 unspecified atom stereocenters. The summed E-state index contributed by atoms with van der Waals surface area (Å²) >= 11 is 0. The number of nitrogens with zero attached hydrogens (tertiary/aromatic N) is 1. The predicted molar refractivity (Wildman–Crippen MR) is 109 cm³/mol. The second kappa shape index (κ2) is 7.34. The van der Waals surface area contributed by atoms with Crippen LogP contribution in [0.5, 0.6) is 5.75 Å². The Morgan fingerprint density at radius 3 is 1.81 bits per heavy atom. The molecule has 0 saturated carbocycles. The van der Waals surface area contributed by atoms with Crippen molar-refractivity contribution in [3.05, 3.63) is 113 Å². The van der Waals surface area contributed by atoms with Crippen molar-refractivity contribution < 1.29 is 5.11 Å². The molecule has 0 fully saturated rings. The van der Waals surface area contributed by atoms with Crippen LogP contribution in [0.1, 0.15) is 5.56 Å². The lowest BCUT2D eigenvalue weighted by molar-refractivity contribution is 0.476. The summed E-state index contributed by atoms with van der Waals surface area (Å²) in [5.41, 5.74) is 3.37. The molecule has 3 heteroatoms. The summed E-state index contributed by atoms with van der Waals surface area (Å²) in [5.74, 6) is 0.0155. The number of aromatic nitrogens is 1. The third kappa shape index (κ3) is 3.40. The number of hydrogen-bond acceptors (Lipinski definition) is 2. The predicted octanol–water partition coefficient (Wildman–Crippen LogP) is 4.94. The van der Waals surface area contributed by atoms with Gasteiger partial charge in [-0.3, -0.25) is 4.79 Å². The van der Waals surface area contributed by atoms with Crippen LogP contribution in [0.2, 0.25) is 0 Å². The Morgan fingerprint density at radius 1 is 0.704 bits per heavy atom. The average Bonchev–Trinajstić information content (AvgIpc) is 2.72. The van der Waals surface area contributed by atoms with Crippen LogP contribution >= 0.6 is 0 Å². The summed E-state index contributed by atoms with van der Waals surface area (Å²) < 4.78 is 1.67. The first-order valence-electron chi connectivity index (χ1n) is 8.85. The van der Waals surface area contributed by atoms with E-state index in [0.717, 1.165) is 11.1 Å². The van der Waals surface area contributed by atoms with Crippen LogP contribution < -0.4 is 5.56 Å². The van der Waals surface area contributed by atoms with Gasteiger partial charge in [-0.25, -0.2) is 0 Å². The van der Waals surface area contributed by atoms with Crippen molar-refractivity contribution in [3.63, 3.8) is 0 Å². The van der Waals surface area contributed by atoms with Gasteiger partial charge < -0.3 is 9.67 Å². The van der Waals surface area contributed by atoms with Crippen molar-refractivity contribution in [1.82, 2.24) is 4.57 Å². The number of pyridine rings is 1. The van der Waals surface area contributed by atoms with Gasteiger partial charge in [-0.2, -0.15) is 0 Å². The van der Waals surface area contributed by atoms with Crippen LogP contribution in [-0.2, 0) is 6.54 Å². The Hall–Kier alpha value is -3.59. The lowest BCUT2D eigenvalue weighted by Crippen LogP contribution is -2.22. The van der Waals surface area contributed by atoms with Crippen molar-refractivity contribution in [2.24, 2.45) is 0 Å². The van der Waals surface area contributed by atoms with E-state index in [9.17, 15) is 9.90 Å². The molecule has 27 heavy (non-hydrogen) atoms. The van der Waals surface area contributed by atoms with Gasteiger partial charge in [0.05, 0.1) is 12.1 Å². The maximum absolute atomic E-state index is 13.2. The molecule has 0 aliphatic heterocycles. The van der Waals surface area contributed by atoms with Gasteiger partial charge in [0.1, 0.15) is 5.75 Å². The lowest BCUT2D eigenvalue weighted by atomic mass is 9.99. The first kappa shape index (κ1) is 16.9. The van der Waals surface area contributed by atoms with Crippen LogP contribution in [0, 0.1) is 0 Å². The molecule has 3 nitrogen and oxygen atoms in total. The van der Waals surface area contributed by atoms with Crippen LogP contribution in [-0.4, -0.2) is 9.67 Å². The highest BCUT2D eigenvalue weighted by atomic mass is 16.3. The summed E-state index contributed by atoms with van der Waals surface area (Å²) in [5, 5.41) is 11.0. The molecule has 0 saturated heterocycles. The smallest absolute Gasteiger partial charge is 0.262 e. The minimum Gasteiger partial charge on any atom is -0.506 e. The molecule has 4 rings (SSSR count). The van der Waals surface area contributed by atoms with Crippen LogP contribution in [0.4, 0.5) is 0 Å². The monoisotopic (exact) mass is 353 g/mol. The van der Waals surface area contributed by atoms with E-state index in [1.54, 1.807) is 10.8 Å². The number of hydrogen-bond donors (Lipinski definition) is 1. The zero-order chi connectivity index (χ0) is 18.6. The van der Waals surface area contributed by atoms with E-state index < -0.39 is 0 Å². The Kier molecular flexibility index (Phi) is 4.58. The maximum atomic E-state index is 13.2. The van der Waals surface area contributed by atoms with E-state index in [-0.39, 0.29) is 11.3 Å². The van der Waals surface area contributed by atoms with Gasteiger partial charge in [-0.15, -0.1) is 0 Å². The molecule has 1 heterocycles. The molecule has 0 radical (unpaired) electrons. The normalized spacial score (nSPS) is 10.7. The van der Waals surface area contributed by atoms with Gasteiger partial charge >= 0.3 is 0 Å². The summed E-state index contributed by atoms with van der Waals surface area (Å²) in [6, 6.07) is 28.8. The van der Waals surface area contributed by atoms with E-state index in [1.807, 2.05) is 91.0 Å². The Balaban J connectivity index is 1.95. The molecule has 0 aliphatic carbocycles. The SMILES string of the molecule is O=c1c(-c2ccccc2)c(O)c(-c2ccccc2)cn1Cc1ccccc1. The Bertz CT molecular complexity index is 1100. The summed E-state index contributed by atoms with van der Waals surface area (Å²) in [6.07, 6.45) is 1.74. The van der Waals surface area contributed by atoms with Crippen molar-refractivity contribution in [3.8, 4) is 28.0 Å². The summed E-state index contributed by atoms with van der Waals surface area (Å²) in [7, 11) is 0. The van der Waals surface area contributed by atoms with Crippen LogP contribution in [0.15, 0.2) is 102 Å². The maximum Gasteiger partial charge on any atom is 0.262 e. The standard InChI is InChI=1S/C24H19NO2/c26-23-21(19-12-6-2-7-13-19)17-25(16-18-10-4-1-5-11-18)24(27)22(23)20-14-8-3-9-15-20/h1-15,17,26H,16H2. The number of rotatable bonds is 4. The van der Waals surface area contributed by atoms with E-state index in [0.29, 0.717) is 23.2 Å². The summed E-state index contributed by atoms with van der Waals surface area (Å²) in [6.45, 7) is 0.444. The van der Waals surface area contributed by atoms with E-state index >= 15 is 0 Å². The molecule has 0 spiro atoms. The molecule has 1 N–H and O–H groups in total. The topological polar surface area (TPSA) is 42.2 Å². The van der Waals surface area contributed by atoms with Gasteiger partial charge in [-0.1, -0.05) is 91.0 Å². The molecule has 3 aromatic carbocycles. The Labute approximate surface area is 157 Å². The first-order valence-corrected chi connectivity index (χ1v) is 8.85. The van der Waals surface area contributed by atoms with Gasteiger partial charge in [0.15, 0.2) is 0 Å². The van der Waals surface area contributed by atoms with E-state index in [4.69, 9.17) is 0 Å². The van der Waals surface area contributed by atoms with Crippen LogP contribution in [0.3, 0.4) is 0 Å². The third-order valence-corrected chi connectivity index (χ3v) is 4.59. The zero-order valence-corrected chi connectivity index (χ0v) is 14.7. The van der Waals surface area contributed by atoms with Gasteiger partial charge in [0, 0.05) is 11.8 Å². The highest BCUT2D eigenvalue weighted by molar-refractivity contribution is 5.80. The highest BCUT2D eigenvalue weighted by Crippen LogP contribution is 2.35. The number of aromatic hydroxyl groups is 1. The van der Waals surface area contributed by atoms with Gasteiger partial charge in [0.25, 0.3) is 5.56 Å². The summed E-state index contributed by atoms with van der Waals surface area (Å²) in [4.78, 5) is 13.2. The van der Waals surface area contributed by atoms with E-state index in [1.165, 1.54) is 0 Å².